The number of rotatable bonds is 4. The Hall–Kier alpha value is -2.23. The smallest absolute Gasteiger partial charge is 0.223 e. The molecule has 1 aliphatic heterocycles. The van der Waals surface area contributed by atoms with Crippen LogP contribution in [0.5, 0.6) is 5.75 Å². The number of carbonyl (C=O) groups excluding carboxylic acids is 1. The summed E-state index contributed by atoms with van der Waals surface area (Å²) in [6.07, 6.45) is 5.34. The van der Waals surface area contributed by atoms with Gasteiger partial charge in [0.15, 0.2) is 0 Å². The summed E-state index contributed by atoms with van der Waals surface area (Å²) in [5.41, 5.74) is 3.95. The van der Waals surface area contributed by atoms with E-state index in [1.165, 1.54) is 5.69 Å². The van der Waals surface area contributed by atoms with Gasteiger partial charge in [0.2, 0.25) is 5.91 Å². The van der Waals surface area contributed by atoms with Crippen molar-refractivity contribution in [2.24, 2.45) is 7.05 Å². The molecular weight excluding hydrogens is 372 g/mol. The molecule has 2 aromatic rings. The van der Waals surface area contributed by atoms with Crippen LogP contribution in [0.15, 0.2) is 30.5 Å². The first-order chi connectivity index (χ1) is 13.9. The zero-order valence-corrected chi connectivity index (χ0v) is 19.7. The first-order valence-electron chi connectivity index (χ1n) is 11.2. The quantitative estimate of drug-likeness (QED) is 0.711. The van der Waals surface area contributed by atoms with Gasteiger partial charge in [0.05, 0.1) is 6.04 Å². The van der Waals surface area contributed by atoms with Crippen molar-refractivity contribution in [1.29, 1.82) is 0 Å². The molecule has 1 N–H and O–H groups in total. The standard InChI is InChI=1S/C26H38N2O2/c1-25(2,3)19-16-18(17-20(24(19)30)26(4,5)6)12-13-23(29)28-15-9-11-22(28)21-10-8-14-27(21)7/h8,10,14,16-17,22,30H,9,11-13,15H2,1-7H3/t22-/m0/s1. The van der Waals surface area contributed by atoms with Crippen molar-refractivity contribution < 1.29 is 9.90 Å². The zero-order chi connectivity index (χ0) is 22.3. The van der Waals surface area contributed by atoms with Gasteiger partial charge < -0.3 is 14.6 Å². The molecule has 0 unspecified atom stereocenters. The minimum atomic E-state index is -0.156. The Balaban J connectivity index is 1.81. The number of phenolic OH excluding ortho intramolecular Hbond substituents is 1. The molecule has 1 amide bonds. The summed E-state index contributed by atoms with van der Waals surface area (Å²) >= 11 is 0. The second-order valence-electron chi connectivity index (χ2n) is 10.8. The van der Waals surface area contributed by atoms with E-state index >= 15 is 0 Å². The number of hydrogen-bond donors (Lipinski definition) is 1. The number of benzene rings is 1. The maximum absolute atomic E-state index is 13.1. The lowest BCUT2D eigenvalue weighted by Gasteiger charge is -2.28. The molecule has 4 heteroatoms. The van der Waals surface area contributed by atoms with Crippen LogP contribution in [0.25, 0.3) is 0 Å². The summed E-state index contributed by atoms with van der Waals surface area (Å²) in [6, 6.07) is 8.55. The van der Waals surface area contributed by atoms with Crippen LogP contribution in [0.4, 0.5) is 0 Å². The van der Waals surface area contributed by atoms with Crippen LogP contribution in [-0.2, 0) is 29.1 Å². The Bertz CT molecular complexity index is 877. The van der Waals surface area contributed by atoms with Gasteiger partial charge in [-0.1, -0.05) is 53.7 Å². The van der Waals surface area contributed by atoms with Gasteiger partial charge in [-0.25, -0.2) is 0 Å². The van der Waals surface area contributed by atoms with Crippen molar-refractivity contribution in [3.05, 3.63) is 52.8 Å². The molecule has 3 rings (SSSR count). The molecule has 0 bridgehead atoms. The van der Waals surface area contributed by atoms with Crippen LogP contribution in [-0.4, -0.2) is 27.0 Å². The van der Waals surface area contributed by atoms with Crippen LogP contribution in [0.2, 0.25) is 0 Å². The Kier molecular flexibility index (Phi) is 6.08. The molecule has 1 aliphatic rings. The van der Waals surface area contributed by atoms with Crippen LogP contribution in [0, 0.1) is 0 Å². The Morgan fingerprint density at radius 3 is 2.20 bits per heavy atom. The van der Waals surface area contributed by atoms with E-state index in [9.17, 15) is 9.90 Å². The van der Waals surface area contributed by atoms with E-state index < -0.39 is 0 Å². The summed E-state index contributed by atoms with van der Waals surface area (Å²) in [7, 11) is 2.05. The van der Waals surface area contributed by atoms with Crippen LogP contribution >= 0.6 is 0 Å². The molecule has 30 heavy (non-hydrogen) atoms. The molecule has 0 spiro atoms. The summed E-state index contributed by atoms with van der Waals surface area (Å²) < 4.78 is 2.13. The van der Waals surface area contributed by atoms with Gasteiger partial charge in [0.1, 0.15) is 5.75 Å². The highest BCUT2D eigenvalue weighted by Crippen LogP contribution is 2.40. The van der Waals surface area contributed by atoms with Crippen LogP contribution in [0.1, 0.15) is 89.2 Å². The second kappa shape index (κ2) is 8.13. The molecule has 0 aliphatic carbocycles. The van der Waals surface area contributed by atoms with Gasteiger partial charge in [-0.3, -0.25) is 4.79 Å². The maximum atomic E-state index is 13.1. The largest absolute Gasteiger partial charge is 0.507 e. The van der Waals surface area contributed by atoms with Crippen molar-refractivity contribution >= 4 is 5.91 Å². The summed E-state index contributed by atoms with van der Waals surface area (Å²) in [4.78, 5) is 15.2. The molecule has 1 atom stereocenters. The van der Waals surface area contributed by atoms with Gasteiger partial charge in [0.25, 0.3) is 0 Å². The lowest BCUT2D eigenvalue weighted by Crippen LogP contribution is -2.31. The van der Waals surface area contributed by atoms with Gasteiger partial charge >= 0.3 is 0 Å². The van der Waals surface area contributed by atoms with E-state index in [4.69, 9.17) is 0 Å². The minimum Gasteiger partial charge on any atom is -0.507 e. The molecule has 1 fully saturated rings. The molecule has 1 aromatic carbocycles. The molecule has 4 nitrogen and oxygen atoms in total. The Morgan fingerprint density at radius 1 is 1.10 bits per heavy atom. The average molecular weight is 411 g/mol. The highest BCUT2D eigenvalue weighted by Gasteiger charge is 2.31. The molecule has 2 heterocycles. The topological polar surface area (TPSA) is 45.5 Å². The van der Waals surface area contributed by atoms with Gasteiger partial charge in [-0.2, -0.15) is 0 Å². The van der Waals surface area contributed by atoms with E-state index in [1.807, 2.05) is 0 Å². The van der Waals surface area contributed by atoms with E-state index in [2.05, 4.69) is 88.5 Å². The van der Waals surface area contributed by atoms with Crippen molar-refractivity contribution in [2.75, 3.05) is 6.54 Å². The Morgan fingerprint density at radius 2 is 1.70 bits per heavy atom. The fraction of sp³-hybridized carbons (Fsp3) is 0.577. The Labute approximate surface area is 181 Å². The molecule has 1 saturated heterocycles. The predicted molar refractivity (Wildman–Crippen MR) is 123 cm³/mol. The minimum absolute atomic E-state index is 0.156. The number of phenols is 1. The van der Waals surface area contributed by atoms with Crippen LogP contribution < -0.4 is 0 Å². The van der Waals surface area contributed by atoms with E-state index in [1.54, 1.807) is 0 Å². The SMILES string of the molecule is Cn1cccc1[C@@H]1CCCN1C(=O)CCc1cc(C(C)(C)C)c(O)c(C(C)(C)C)c1. The summed E-state index contributed by atoms with van der Waals surface area (Å²) in [5, 5.41) is 10.9. The predicted octanol–water partition coefficient (Wildman–Crippen LogP) is 5.62. The molecular formula is C26H38N2O2. The van der Waals surface area contributed by atoms with E-state index in [0.717, 1.165) is 36.1 Å². The highest BCUT2D eigenvalue weighted by atomic mass is 16.3. The van der Waals surface area contributed by atoms with Gasteiger partial charge in [0, 0.05) is 31.9 Å². The zero-order valence-electron chi connectivity index (χ0n) is 19.7. The van der Waals surface area contributed by atoms with E-state index in [-0.39, 0.29) is 22.8 Å². The molecule has 1 aromatic heterocycles. The number of aromatic nitrogens is 1. The molecule has 164 valence electrons. The molecule has 0 saturated carbocycles. The van der Waals surface area contributed by atoms with Crippen molar-refractivity contribution in [3.8, 4) is 5.75 Å². The number of hydrogen-bond acceptors (Lipinski definition) is 2. The maximum Gasteiger partial charge on any atom is 0.223 e. The molecule has 0 radical (unpaired) electrons. The third-order valence-corrected chi connectivity index (χ3v) is 6.31. The van der Waals surface area contributed by atoms with Gasteiger partial charge in [-0.05, 0) is 58.9 Å². The first-order valence-corrected chi connectivity index (χ1v) is 11.2. The fourth-order valence-electron chi connectivity index (χ4n) is 4.57. The fourth-order valence-corrected chi connectivity index (χ4v) is 4.57. The first kappa shape index (κ1) is 22.5. The third-order valence-electron chi connectivity index (χ3n) is 6.31. The monoisotopic (exact) mass is 410 g/mol. The average Bonchev–Trinajstić information content (AvgIpc) is 3.26. The number of nitrogens with zero attached hydrogens (tertiary/aromatic N) is 2. The van der Waals surface area contributed by atoms with Crippen molar-refractivity contribution in [1.82, 2.24) is 9.47 Å². The van der Waals surface area contributed by atoms with E-state index in [0.29, 0.717) is 18.6 Å². The lowest BCUT2D eigenvalue weighted by molar-refractivity contribution is -0.132. The third kappa shape index (κ3) is 4.58. The summed E-state index contributed by atoms with van der Waals surface area (Å²) in [5.74, 6) is 0.620. The van der Waals surface area contributed by atoms with Crippen molar-refractivity contribution in [2.45, 2.75) is 84.1 Å². The lowest BCUT2D eigenvalue weighted by atomic mass is 9.78. The number of likely N-dealkylation sites (tertiary alicyclic amines) is 1. The number of amides is 1. The highest BCUT2D eigenvalue weighted by molar-refractivity contribution is 5.77. The van der Waals surface area contributed by atoms with Gasteiger partial charge in [-0.15, -0.1) is 0 Å². The second-order valence-corrected chi connectivity index (χ2v) is 10.8. The number of aromatic hydroxyl groups is 1. The summed E-state index contributed by atoms with van der Waals surface area (Å²) in [6.45, 7) is 13.6. The van der Waals surface area contributed by atoms with Crippen molar-refractivity contribution in [3.63, 3.8) is 0 Å². The number of aryl methyl sites for hydroxylation is 2. The van der Waals surface area contributed by atoms with Crippen LogP contribution in [0.3, 0.4) is 0 Å². The number of carbonyl (C=O) groups is 1. The normalized spacial score (nSPS) is 17.6.